The minimum atomic E-state index is 0.452. The Morgan fingerprint density at radius 2 is 2.24 bits per heavy atom. The summed E-state index contributed by atoms with van der Waals surface area (Å²) in [6.07, 6.45) is 4.00. The maximum atomic E-state index is 5.81. The number of hydrogen-bond acceptors (Lipinski definition) is 3. The Hall–Kier alpha value is -0.120. The average molecular weight is 242 g/mol. The highest BCUT2D eigenvalue weighted by molar-refractivity contribution is 4.71. The Balaban J connectivity index is 2.23. The lowest BCUT2D eigenvalue weighted by Crippen LogP contribution is -2.37. The molecule has 2 unspecified atom stereocenters. The lowest BCUT2D eigenvalue weighted by Gasteiger charge is -2.26. The average Bonchev–Trinajstić information content (AvgIpc) is 2.54. The minimum absolute atomic E-state index is 0.452. The van der Waals surface area contributed by atoms with Gasteiger partial charge < -0.3 is 15.0 Å². The SMILES string of the molecule is CCCNCC(C)CN1CCCOC(CC)C1. The second-order valence-corrected chi connectivity index (χ2v) is 5.32. The quantitative estimate of drug-likeness (QED) is 0.692. The van der Waals surface area contributed by atoms with E-state index in [0.29, 0.717) is 6.10 Å². The van der Waals surface area contributed by atoms with Crippen LogP contribution in [0.4, 0.5) is 0 Å². The van der Waals surface area contributed by atoms with Crippen molar-refractivity contribution in [3.63, 3.8) is 0 Å². The van der Waals surface area contributed by atoms with Gasteiger partial charge in [0, 0.05) is 26.2 Å². The van der Waals surface area contributed by atoms with Crippen LogP contribution in [0.1, 0.15) is 40.0 Å². The molecule has 0 aromatic heterocycles. The first-order chi connectivity index (χ1) is 8.26. The molecule has 1 N–H and O–H groups in total. The van der Waals surface area contributed by atoms with Gasteiger partial charge >= 0.3 is 0 Å². The number of hydrogen-bond donors (Lipinski definition) is 1. The van der Waals surface area contributed by atoms with Crippen LogP contribution in [0.3, 0.4) is 0 Å². The largest absolute Gasteiger partial charge is 0.377 e. The number of ether oxygens (including phenoxy) is 1. The number of nitrogens with zero attached hydrogens (tertiary/aromatic N) is 1. The van der Waals surface area contributed by atoms with Gasteiger partial charge in [-0.3, -0.25) is 0 Å². The number of nitrogens with one attached hydrogen (secondary N) is 1. The van der Waals surface area contributed by atoms with Crippen LogP contribution in [-0.2, 0) is 4.74 Å². The zero-order chi connectivity index (χ0) is 12.5. The molecule has 0 aromatic rings. The van der Waals surface area contributed by atoms with E-state index < -0.39 is 0 Å². The zero-order valence-corrected chi connectivity index (χ0v) is 11.9. The molecule has 0 amide bonds. The lowest BCUT2D eigenvalue weighted by molar-refractivity contribution is 0.0502. The van der Waals surface area contributed by atoms with Gasteiger partial charge in [-0.15, -0.1) is 0 Å². The fourth-order valence-electron chi connectivity index (χ4n) is 2.41. The number of rotatable bonds is 7. The zero-order valence-electron chi connectivity index (χ0n) is 11.9. The first-order valence-corrected chi connectivity index (χ1v) is 7.30. The van der Waals surface area contributed by atoms with Gasteiger partial charge in [-0.25, -0.2) is 0 Å². The van der Waals surface area contributed by atoms with Crippen molar-refractivity contribution in [3.8, 4) is 0 Å². The third kappa shape index (κ3) is 6.39. The standard InChI is InChI=1S/C14H30N2O/c1-4-7-15-10-13(3)11-16-8-6-9-17-14(5-2)12-16/h13-15H,4-12H2,1-3H3. The molecule has 1 saturated heterocycles. The van der Waals surface area contributed by atoms with Crippen LogP contribution in [0.15, 0.2) is 0 Å². The molecule has 0 radical (unpaired) electrons. The molecule has 2 atom stereocenters. The van der Waals surface area contributed by atoms with Crippen molar-refractivity contribution in [2.75, 3.05) is 39.3 Å². The molecular formula is C14H30N2O. The fraction of sp³-hybridized carbons (Fsp3) is 1.00. The summed E-state index contributed by atoms with van der Waals surface area (Å²) in [7, 11) is 0. The van der Waals surface area contributed by atoms with Crippen LogP contribution < -0.4 is 5.32 Å². The van der Waals surface area contributed by atoms with E-state index in [1.807, 2.05) is 0 Å². The van der Waals surface area contributed by atoms with Crippen molar-refractivity contribution < 1.29 is 4.74 Å². The molecule has 0 aromatic carbocycles. The van der Waals surface area contributed by atoms with Crippen LogP contribution in [0.2, 0.25) is 0 Å². The van der Waals surface area contributed by atoms with E-state index in [9.17, 15) is 0 Å². The first-order valence-electron chi connectivity index (χ1n) is 7.30. The van der Waals surface area contributed by atoms with Gasteiger partial charge in [0.2, 0.25) is 0 Å². The van der Waals surface area contributed by atoms with Crippen molar-refractivity contribution in [1.29, 1.82) is 0 Å². The molecule has 0 saturated carbocycles. The van der Waals surface area contributed by atoms with Gasteiger partial charge in [0.15, 0.2) is 0 Å². The van der Waals surface area contributed by atoms with Crippen LogP contribution in [-0.4, -0.2) is 50.3 Å². The van der Waals surface area contributed by atoms with Crippen molar-refractivity contribution in [2.24, 2.45) is 5.92 Å². The molecule has 3 heteroatoms. The molecular weight excluding hydrogens is 212 g/mol. The first kappa shape index (κ1) is 14.9. The highest BCUT2D eigenvalue weighted by Crippen LogP contribution is 2.10. The monoisotopic (exact) mass is 242 g/mol. The molecule has 0 aliphatic carbocycles. The van der Waals surface area contributed by atoms with E-state index in [1.165, 1.54) is 25.9 Å². The van der Waals surface area contributed by atoms with E-state index in [1.54, 1.807) is 0 Å². The van der Waals surface area contributed by atoms with Gasteiger partial charge in [0.1, 0.15) is 0 Å². The summed E-state index contributed by atoms with van der Waals surface area (Å²) in [5.74, 6) is 0.733. The van der Waals surface area contributed by atoms with Crippen LogP contribution >= 0.6 is 0 Å². The molecule has 1 fully saturated rings. The Morgan fingerprint density at radius 3 is 2.94 bits per heavy atom. The van der Waals surface area contributed by atoms with Crippen molar-refractivity contribution in [2.45, 2.75) is 46.1 Å². The minimum Gasteiger partial charge on any atom is -0.377 e. The summed E-state index contributed by atoms with van der Waals surface area (Å²) in [5.41, 5.74) is 0. The summed E-state index contributed by atoms with van der Waals surface area (Å²) < 4.78 is 5.81. The Kier molecular flexibility index (Phi) is 7.82. The molecule has 0 spiro atoms. The van der Waals surface area contributed by atoms with Crippen LogP contribution in [0, 0.1) is 5.92 Å². The van der Waals surface area contributed by atoms with Crippen LogP contribution in [0.5, 0.6) is 0 Å². The molecule has 17 heavy (non-hydrogen) atoms. The van der Waals surface area contributed by atoms with Crippen molar-refractivity contribution >= 4 is 0 Å². The lowest BCUT2D eigenvalue weighted by atomic mass is 10.1. The van der Waals surface area contributed by atoms with E-state index in [-0.39, 0.29) is 0 Å². The van der Waals surface area contributed by atoms with E-state index in [2.05, 4.69) is 31.0 Å². The second-order valence-electron chi connectivity index (χ2n) is 5.32. The topological polar surface area (TPSA) is 24.5 Å². The highest BCUT2D eigenvalue weighted by atomic mass is 16.5. The summed E-state index contributed by atoms with van der Waals surface area (Å²) >= 11 is 0. The normalized spacial score (nSPS) is 24.5. The van der Waals surface area contributed by atoms with Gasteiger partial charge in [-0.2, -0.15) is 0 Å². The highest BCUT2D eigenvalue weighted by Gasteiger charge is 2.18. The molecule has 1 heterocycles. The smallest absolute Gasteiger partial charge is 0.0699 e. The predicted molar refractivity (Wildman–Crippen MR) is 73.4 cm³/mol. The van der Waals surface area contributed by atoms with Crippen LogP contribution in [0.25, 0.3) is 0 Å². The van der Waals surface area contributed by atoms with E-state index >= 15 is 0 Å². The molecule has 0 bridgehead atoms. The van der Waals surface area contributed by atoms with Gasteiger partial charge in [-0.05, 0) is 38.3 Å². The third-order valence-electron chi connectivity index (χ3n) is 3.38. The predicted octanol–water partition coefficient (Wildman–Crippen LogP) is 2.12. The van der Waals surface area contributed by atoms with Gasteiger partial charge in [-0.1, -0.05) is 20.8 Å². The Bertz CT molecular complexity index is 187. The third-order valence-corrected chi connectivity index (χ3v) is 3.38. The van der Waals surface area contributed by atoms with E-state index in [4.69, 9.17) is 4.74 Å². The Morgan fingerprint density at radius 1 is 1.41 bits per heavy atom. The van der Waals surface area contributed by atoms with Crippen molar-refractivity contribution in [3.05, 3.63) is 0 Å². The molecule has 1 rings (SSSR count). The van der Waals surface area contributed by atoms with Gasteiger partial charge in [0.05, 0.1) is 6.10 Å². The van der Waals surface area contributed by atoms with Crippen molar-refractivity contribution in [1.82, 2.24) is 10.2 Å². The molecule has 102 valence electrons. The summed E-state index contributed by atoms with van der Waals surface area (Å²) in [5, 5.41) is 3.51. The molecule has 3 nitrogen and oxygen atoms in total. The molecule has 1 aliphatic heterocycles. The maximum Gasteiger partial charge on any atom is 0.0699 e. The summed E-state index contributed by atoms with van der Waals surface area (Å²) in [6, 6.07) is 0. The Labute approximate surface area is 107 Å². The van der Waals surface area contributed by atoms with E-state index in [0.717, 1.165) is 38.6 Å². The summed E-state index contributed by atoms with van der Waals surface area (Å²) in [6.45, 7) is 13.5. The second kappa shape index (κ2) is 8.90. The fourth-order valence-corrected chi connectivity index (χ4v) is 2.41. The molecule has 1 aliphatic rings. The van der Waals surface area contributed by atoms with Gasteiger partial charge in [0.25, 0.3) is 0 Å². The summed E-state index contributed by atoms with van der Waals surface area (Å²) in [4.78, 5) is 2.58. The maximum absolute atomic E-state index is 5.81.